The summed E-state index contributed by atoms with van der Waals surface area (Å²) in [6, 6.07) is 7.85. The lowest BCUT2D eigenvalue weighted by Crippen LogP contribution is -2.50. The number of amides is 2. The Balaban J connectivity index is 1.36. The number of nitrogens with zero attached hydrogens (tertiary/aromatic N) is 5. The summed E-state index contributed by atoms with van der Waals surface area (Å²) in [6.45, 7) is 1.62. The Morgan fingerprint density at radius 1 is 1.25 bits per heavy atom. The van der Waals surface area contributed by atoms with Crippen molar-refractivity contribution >= 4 is 61.3 Å². The number of nitrogen functional groups attached to an aromatic ring is 1. The second kappa shape index (κ2) is 8.51. The van der Waals surface area contributed by atoms with E-state index in [0.717, 1.165) is 18.4 Å². The average molecular weight is 552 g/mol. The molecule has 2 fully saturated rings. The molecular weight excluding hydrogens is 529 g/mol. The van der Waals surface area contributed by atoms with Crippen molar-refractivity contribution in [2.75, 3.05) is 11.1 Å². The molecule has 0 radical (unpaired) electrons. The maximum absolute atomic E-state index is 15.2. The molecular formula is C25H23BrFN7O2. The lowest BCUT2D eigenvalue weighted by atomic mass is 9.80. The SMILES string of the molecule is Cc1cc(F)c2c(c1)c1c(N)ncnc1n2CC(=O)N1[C@@H]2CC[C@@H]2C[C@H]1C(=O)Nc1cccc(Br)n1. The fourth-order valence-corrected chi connectivity index (χ4v) is 5.98. The first-order valence-electron chi connectivity index (χ1n) is 11.7. The number of halogens is 2. The predicted molar refractivity (Wildman–Crippen MR) is 136 cm³/mol. The fourth-order valence-electron chi connectivity index (χ4n) is 5.63. The minimum atomic E-state index is -0.629. The smallest absolute Gasteiger partial charge is 0.248 e. The Hall–Kier alpha value is -3.60. The Labute approximate surface area is 214 Å². The third-order valence-corrected chi connectivity index (χ3v) is 7.75. The minimum Gasteiger partial charge on any atom is -0.383 e. The number of rotatable bonds is 4. The van der Waals surface area contributed by atoms with E-state index in [0.29, 0.717) is 33.3 Å². The van der Waals surface area contributed by atoms with Crippen LogP contribution in [0.5, 0.6) is 0 Å². The van der Waals surface area contributed by atoms with E-state index in [2.05, 4.69) is 36.2 Å². The predicted octanol–water partition coefficient (Wildman–Crippen LogP) is 3.79. The third-order valence-electron chi connectivity index (χ3n) is 7.31. The first kappa shape index (κ1) is 22.8. The van der Waals surface area contributed by atoms with Crippen molar-refractivity contribution in [3.63, 3.8) is 0 Å². The zero-order valence-corrected chi connectivity index (χ0v) is 21.0. The van der Waals surface area contributed by atoms with Crippen LogP contribution in [-0.4, -0.2) is 48.3 Å². The molecule has 0 unspecified atom stereocenters. The van der Waals surface area contributed by atoms with Gasteiger partial charge in [-0.05, 0) is 77.9 Å². The number of fused-ring (bicyclic) bond motifs is 4. The van der Waals surface area contributed by atoms with Crippen molar-refractivity contribution in [3.05, 3.63) is 52.6 Å². The quantitative estimate of drug-likeness (QED) is 0.372. The van der Waals surface area contributed by atoms with E-state index in [4.69, 9.17) is 5.73 Å². The van der Waals surface area contributed by atoms with Gasteiger partial charge in [0.1, 0.15) is 46.6 Å². The van der Waals surface area contributed by atoms with Crippen molar-refractivity contribution in [2.24, 2.45) is 5.92 Å². The van der Waals surface area contributed by atoms with Crippen molar-refractivity contribution in [2.45, 2.75) is 44.8 Å². The van der Waals surface area contributed by atoms with Crippen LogP contribution >= 0.6 is 15.9 Å². The third kappa shape index (κ3) is 3.60. The van der Waals surface area contributed by atoms with Crippen LogP contribution in [0.3, 0.4) is 0 Å². The van der Waals surface area contributed by atoms with E-state index in [1.165, 1.54) is 12.4 Å². The van der Waals surface area contributed by atoms with Crippen molar-refractivity contribution in [1.29, 1.82) is 0 Å². The Bertz CT molecular complexity index is 1550. The molecule has 11 heteroatoms. The normalized spacial score (nSPS) is 21.0. The van der Waals surface area contributed by atoms with Crippen LogP contribution in [0.1, 0.15) is 24.8 Å². The van der Waals surface area contributed by atoms with Gasteiger partial charge in [0, 0.05) is 11.4 Å². The second-order valence-corrected chi connectivity index (χ2v) is 10.3. The van der Waals surface area contributed by atoms with Crippen molar-refractivity contribution in [1.82, 2.24) is 24.4 Å². The highest BCUT2D eigenvalue weighted by molar-refractivity contribution is 9.10. The summed E-state index contributed by atoms with van der Waals surface area (Å²) in [5.41, 5.74) is 7.50. The number of pyridine rings is 1. The van der Waals surface area contributed by atoms with Crippen LogP contribution in [0.25, 0.3) is 21.9 Å². The van der Waals surface area contributed by atoms with E-state index in [-0.39, 0.29) is 41.7 Å². The molecule has 9 nitrogen and oxygen atoms in total. The summed E-state index contributed by atoms with van der Waals surface area (Å²) in [5.74, 6) is -0.100. The zero-order valence-electron chi connectivity index (χ0n) is 19.4. The lowest BCUT2D eigenvalue weighted by molar-refractivity contribution is -0.140. The number of nitrogens with one attached hydrogen (secondary N) is 1. The summed E-state index contributed by atoms with van der Waals surface area (Å²) in [7, 11) is 0. The molecule has 1 aliphatic carbocycles. The van der Waals surface area contributed by atoms with Crippen LogP contribution in [0.15, 0.2) is 41.3 Å². The number of nitrogens with two attached hydrogens (primary N) is 1. The Morgan fingerprint density at radius 2 is 2.08 bits per heavy atom. The monoisotopic (exact) mass is 551 g/mol. The highest BCUT2D eigenvalue weighted by Crippen LogP contribution is 2.44. The van der Waals surface area contributed by atoms with Crippen molar-refractivity contribution < 1.29 is 14.0 Å². The molecule has 0 spiro atoms. The first-order valence-corrected chi connectivity index (χ1v) is 12.5. The standard InChI is InChI=1S/C25H23BrFN7O2/c1-12-7-14-21-23(28)29-11-30-24(21)33(22(14)15(27)8-12)10-20(35)34-16-6-5-13(16)9-17(34)25(36)32-19-4-2-3-18(26)31-19/h2-4,7-8,11,13,16-17H,5-6,9-10H2,1H3,(H2,28,29,30)(H,31,32,36)/t13-,16-,17+/m1/s1. The molecule has 6 rings (SSSR count). The Morgan fingerprint density at radius 3 is 2.83 bits per heavy atom. The molecule has 3 atom stereocenters. The van der Waals surface area contributed by atoms with E-state index >= 15 is 4.39 Å². The number of hydrogen-bond acceptors (Lipinski definition) is 6. The number of anilines is 2. The minimum absolute atomic E-state index is 0.0106. The number of likely N-dealkylation sites (tertiary alicyclic amines) is 1. The summed E-state index contributed by atoms with van der Waals surface area (Å²) in [5, 5.41) is 3.92. The van der Waals surface area contributed by atoms with Gasteiger partial charge in [0.05, 0.1) is 10.9 Å². The van der Waals surface area contributed by atoms with Gasteiger partial charge in [0.15, 0.2) is 0 Å². The molecule has 4 heterocycles. The van der Waals surface area contributed by atoms with Gasteiger partial charge in [-0.2, -0.15) is 0 Å². The molecule has 1 aliphatic heterocycles. The van der Waals surface area contributed by atoms with Crippen LogP contribution in [0, 0.1) is 18.7 Å². The maximum atomic E-state index is 15.2. The molecule has 2 aliphatic rings. The van der Waals surface area contributed by atoms with E-state index in [1.807, 2.05) is 6.07 Å². The highest BCUT2D eigenvalue weighted by Gasteiger charge is 2.51. The number of carbonyl (C=O) groups excluding carboxylic acids is 2. The highest BCUT2D eigenvalue weighted by atomic mass is 79.9. The van der Waals surface area contributed by atoms with Crippen LogP contribution < -0.4 is 11.1 Å². The van der Waals surface area contributed by atoms with Gasteiger partial charge in [0.2, 0.25) is 11.8 Å². The zero-order chi connectivity index (χ0) is 25.1. The number of carbonyl (C=O) groups is 2. The molecule has 1 aromatic carbocycles. The van der Waals surface area contributed by atoms with Crippen LogP contribution in [-0.2, 0) is 16.1 Å². The van der Waals surface area contributed by atoms with Crippen LogP contribution in [0.2, 0.25) is 0 Å². The van der Waals surface area contributed by atoms with E-state index < -0.39 is 11.9 Å². The van der Waals surface area contributed by atoms with E-state index in [1.54, 1.807) is 34.6 Å². The van der Waals surface area contributed by atoms with Gasteiger partial charge in [-0.15, -0.1) is 0 Å². The topological polar surface area (TPSA) is 119 Å². The summed E-state index contributed by atoms with van der Waals surface area (Å²) < 4.78 is 17.4. The molecule has 2 amide bonds. The second-order valence-electron chi connectivity index (χ2n) is 9.48. The molecule has 3 aromatic heterocycles. The molecule has 0 bridgehead atoms. The van der Waals surface area contributed by atoms with Gasteiger partial charge in [-0.25, -0.2) is 19.3 Å². The van der Waals surface area contributed by atoms with E-state index in [9.17, 15) is 9.59 Å². The molecule has 3 N–H and O–H groups in total. The average Bonchev–Trinajstić information content (AvgIpc) is 3.26. The van der Waals surface area contributed by atoms with Gasteiger partial charge in [-0.3, -0.25) is 9.59 Å². The van der Waals surface area contributed by atoms with Crippen molar-refractivity contribution in [3.8, 4) is 0 Å². The molecule has 36 heavy (non-hydrogen) atoms. The fraction of sp³-hybridized carbons (Fsp3) is 0.320. The summed E-state index contributed by atoms with van der Waals surface area (Å²) in [4.78, 5) is 41.4. The molecule has 184 valence electrons. The summed E-state index contributed by atoms with van der Waals surface area (Å²) in [6.07, 6.45) is 3.71. The van der Waals surface area contributed by atoms with Gasteiger partial charge in [-0.1, -0.05) is 6.07 Å². The molecule has 4 aromatic rings. The van der Waals surface area contributed by atoms with Crippen LogP contribution in [0.4, 0.5) is 16.0 Å². The van der Waals surface area contributed by atoms with Gasteiger partial charge in [0.25, 0.3) is 0 Å². The van der Waals surface area contributed by atoms with Gasteiger partial charge >= 0.3 is 0 Å². The first-order chi connectivity index (χ1) is 17.3. The molecule has 1 saturated heterocycles. The number of hydrogen-bond donors (Lipinski definition) is 2. The number of aryl methyl sites for hydroxylation is 1. The largest absolute Gasteiger partial charge is 0.383 e. The number of aromatic nitrogens is 4. The summed E-state index contributed by atoms with van der Waals surface area (Å²) >= 11 is 3.31. The molecule has 1 saturated carbocycles. The lowest BCUT2D eigenvalue weighted by Gasteiger charge is -2.37. The Kier molecular flexibility index (Phi) is 5.40. The maximum Gasteiger partial charge on any atom is 0.248 e. The van der Waals surface area contributed by atoms with Gasteiger partial charge < -0.3 is 20.5 Å². The number of benzene rings is 1.